The number of ether oxygens (including phenoxy) is 1. The average Bonchev–Trinajstić information content (AvgIpc) is 3.31. The first-order valence-electron chi connectivity index (χ1n) is 13.3. The van der Waals surface area contributed by atoms with Crippen LogP contribution in [0.15, 0.2) is 77.2 Å². The second-order valence-electron chi connectivity index (χ2n) is 9.54. The van der Waals surface area contributed by atoms with Crippen LogP contribution in [0.25, 0.3) is 11.0 Å². The lowest BCUT2D eigenvalue weighted by Gasteiger charge is -2.37. The zero-order valence-electron chi connectivity index (χ0n) is 21.5. The Morgan fingerprint density at radius 2 is 1.56 bits per heavy atom. The van der Waals surface area contributed by atoms with Gasteiger partial charge in [-0.3, -0.25) is 4.79 Å². The summed E-state index contributed by atoms with van der Waals surface area (Å²) < 4.78 is 13.3. The number of rotatable bonds is 10. The Morgan fingerprint density at radius 3 is 2.25 bits per heavy atom. The third-order valence-electron chi connectivity index (χ3n) is 7.24. The highest BCUT2D eigenvalue weighted by Crippen LogP contribution is 2.50. The van der Waals surface area contributed by atoms with E-state index in [-0.39, 0.29) is 5.78 Å². The monoisotopic (exact) mass is 481 g/mol. The zero-order chi connectivity index (χ0) is 25.1. The number of ketones is 1. The van der Waals surface area contributed by atoms with Gasteiger partial charge in [-0.25, -0.2) is 0 Å². The molecule has 3 aromatic carbocycles. The number of hydrogen-bond donors (Lipinski definition) is 0. The summed E-state index contributed by atoms with van der Waals surface area (Å²) in [5, 5.41) is 0.846. The SMILES string of the molecule is CCCCN(CCCC)c1ccc2c3c(oc2c1)C(OCC)(c1ccccc1)c1ccccc1C3=O. The zero-order valence-corrected chi connectivity index (χ0v) is 21.5. The van der Waals surface area contributed by atoms with Crippen LogP contribution in [0.4, 0.5) is 5.69 Å². The summed E-state index contributed by atoms with van der Waals surface area (Å²) in [5.41, 5.74) is 3.96. The minimum Gasteiger partial charge on any atom is -0.456 e. The number of anilines is 1. The van der Waals surface area contributed by atoms with Crippen LogP contribution in [-0.2, 0) is 10.3 Å². The van der Waals surface area contributed by atoms with Gasteiger partial charge < -0.3 is 14.1 Å². The second kappa shape index (κ2) is 10.3. The highest BCUT2D eigenvalue weighted by atomic mass is 16.5. The fourth-order valence-electron chi connectivity index (χ4n) is 5.47. The molecule has 1 heterocycles. The van der Waals surface area contributed by atoms with Crippen molar-refractivity contribution >= 4 is 22.4 Å². The Bertz CT molecular complexity index is 1350. The largest absolute Gasteiger partial charge is 0.456 e. The fourth-order valence-corrected chi connectivity index (χ4v) is 5.47. The van der Waals surface area contributed by atoms with Crippen LogP contribution in [0.2, 0.25) is 0 Å². The van der Waals surface area contributed by atoms with E-state index < -0.39 is 5.60 Å². The van der Waals surface area contributed by atoms with E-state index in [2.05, 4.69) is 49.1 Å². The van der Waals surface area contributed by atoms with Crippen molar-refractivity contribution in [3.05, 3.63) is 101 Å². The molecule has 0 radical (unpaired) electrons. The van der Waals surface area contributed by atoms with Crippen LogP contribution in [-0.4, -0.2) is 25.5 Å². The molecular formula is C32H35NO3. The minimum absolute atomic E-state index is 0.00724. The first-order valence-corrected chi connectivity index (χ1v) is 13.3. The van der Waals surface area contributed by atoms with Gasteiger partial charge >= 0.3 is 0 Å². The fraction of sp³-hybridized carbons (Fsp3) is 0.344. The van der Waals surface area contributed by atoms with Crippen LogP contribution in [0.3, 0.4) is 0 Å². The molecule has 0 spiro atoms. The van der Waals surface area contributed by atoms with E-state index in [4.69, 9.17) is 9.15 Å². The van der Waals surface area contributed by atoms with Gasteiger partial charge in [-0.15, -0.1) is 0 Å². The molecule has 0 saturated carbocycles. The summed E-state index contributed by atoms with van der Waals surface area (Å²) in [6.45, 7) is 8.94. The van der Waals surface area contributed by atoms with Crippen molar-refractivity contribution in [2.75, 3.05) is 24.6 Å². The molecule has 0 amide bonds. The number of unbranched alkanes of at least 4 members (excludes halogenated alkanes) is 2. The lowest BCUT2D eigenvalue weighted by Crippen LogP contribution is -2.38. The molecule has 4 heteroatoms. The van der Waals surface area contributed by atoms with E-state index >= 15 is 0 Å². The maximum Gasteiger partial charge on any atom is 0.197 e. The molecule has 0 bridgehead atoms. The van der Waals surface area contributed by atoms with Gasteiger partial charge in [0.1, 0.15) is 5.58 Å². The molecule has 5 rings (SSSR count). The van der Waals surface area contributed by atoms with Gasteiger partial charge in [0.15, 0.2) is 17.1 Å². The number of carbonyl (C=O) groups excluding carboxylic acids is 1. The van der Waals surface area contributed by atoms with Crippen LogP contribution < -0.4 is 4.90 Å². The molecule has 36 heavy (non-hydrogen) atoms. The number of furan rings is 1. The van der Waals surface area contributed by atoms with Gasteiger partial charge in [0.05, 0.1) is 5.56 Å². The van der Waals surface area contributed by atoms with Gasteiger partial charge in [-0.2, -0.15) is 0 Å². The standard InChI is InChI=1S/C32H35NO3/c1-4-7-20-33(21-8-5-2)24-18-19-26-28(22-24)36-31-29(26)30(34)25-16-12-13-17-27(25)32(31,35-6-3)23-14-10-9-11-15-23/h9-19,22H,4-8,20-21H2,1-3H3. The Kier molecular flexibility index (Phi) is 6.97. The quantitative estimate of drug-likeness (QED) is 0.233. The second-order valence-corrected chi connectivity index (χ2v) is 9.54. The third kappa shape index (κ3) is 3.94. The summed E-state index contributed by atoms with van der Waals surface area (Å²) >= 11 is 0. The molecule has 4 aromatic rings. The van der Waals surface area contributed by atoms with Crippen molar-refractivity contribution < 1.29 is 13.9 Å². The Morgan fingerprint density at radius 1 is 0.861 bits per heavy atom. The predicted octanol–water partition coefficient (Wildman–Crippen LogP) is 7.71. The maximum atomic E-state index is 13.9. The average molecular weight is 482 g/mol. The Hall–Kier alpha value is -3.37. The van der Waals surface area contributed by atoms with Crippen molar-refractivity contribution in [2.24, 2.45) is 0 Å². The minimum atomic E-state index is -0.987. The molecule has 1 aliphatic rings. The van der Waals surface area contributed by atoms with Crippen molar-refractivity contribution in [3.8, 4) is 0 Å². The van der Waals surface area contributed by atoms with E-state index in [1.54, 1.807) is 0 Å². The van der Waals surface area contributed by atoms with E-state index in [1.807, 2.05) is 49.4 Å². The lowest BCUT2D eigenvalue weighted by molar-refractivity contribution is 0.00397. The number of carbonyl (C=O) groups is 1. The lowest BCUT2D eigenvalue weighted by atomic mass is 9.73. The summed E-state index contributed by atoms with van der Waals surface area (Å²) in [4.78, 5) is 16.3. The predicted molar refractivity (Wildman–Crippen MR) is 146 cm³/mol. The Labute approximate surface area is 213 Å². The van der Waals surface area contributed by atoms with Crippen molar-refractivity contribution in [1.82, 2.24) is 0 Å². The topological polar surface area (TPSA) is 42.7 Å². The molecule has 0 aliphatic heterocycles. The molecule has 1 atom stereocenters. The molecule has 4 nitrogen and oxygen atoms in total. The maximum absolute atomic E-state index is 13.9. The summed E-state index contributed by atoms with van der Waals surface area (Å²) in [6, 6.07) is 24.2. The molecular weight excluding hydrogens is 446 g/mol. The molecule has 1 aliphatic carbocycles. The Balaban J connectivity index is 1.74. The van der Waals surface area contributed by atoms with Gasteiger partial charge in [0.25, 0.3) is 0 Å². The van der Waals surface area contributed by atoms with Gasteiger partial charge in [-0.1, -0.05) is 81.3 Å². The van der Waals surface area contributed by atoms with Crippen molar-refractivity contribution in [2.45, 2.75) is 52.1 Å². The summed E-state index contributed by atoms with van der Waals surface area (Å²) in [6.07, 6.45) is 4.60. The smallest absolute Gasteiger partial charge is 0.197 e. The summed E-state index contributed by atoms with van der Waals surface area (Å²) in [5.74, 6) is 0.576. The van der Waals surface area contributed by atoms with Gasteiger partial charge in [0, 0.05) is 48.0 Å². The van der Waals surface area contributed by atoms with Crippen LogP contribution >= 0.6 is 0 Å². The number of fused-ring (bicyclic) bond motifs is 4. The highest BCUT2D eigenvalue weighted by molar-refractivity contribution is 6.19. The molecule has 0 N–H and O–H groups in total. The first-order chi connectivity index (χ1) is 17.7. The van der Waals surface area contributed by atoms with E-state index in [0.29, 0.717) is 23.5 Å². The first kappa shape index (κ1) is 24.3. The van der Waals surface area contributed by atoms with E-state index in [9.17, 15) is 4.79 Å². The summed E-state index contributed by atoms with van der Waals surface area (Å²) in [7, 11) is 0. The number of hydrogen-bond acceptors (Lipinski definition) is 4. The molecule has 0 saturated heterocycles. The van der Waals surface area contributed by atoms with E-state index in [1.165, 1.54) is 0 Å². The molecule has 186 valence electrons. The van der Waals surface area contributed by atoms with Crippen molar-refractivity contribution in [3.63, 3.8) is 0 Å². The highest BCUT2D eigenvalue weighted by Gasteiger charge is 2.50. The molecule has 0 fully saturated rings. The van der Waals surface area contributed by atoms with Crippen LogP contribution in [0, 0.1) is 0 Å². The normalized spacial score (nSPS) is 16.7. The van der Waals surface area contributed by atoms with Crippen molar-refractivity contribution in [1.29, 1.82) is 0 Å². The van der Waals surface area contributed by atoms with E-state index in [0.717, 1.165) is 66.6 Å². The van der Waals surface area contributed by atoms with Crippen LogP contribution in [0.5, 0.6) is 0 Å². The van der Waals surface area contributed by atoms with Gasteiger partial charge in [0.2, 0.25) is 0 Å². The van der Waals surface area contributed by atoms with Gasteiger partial charge in [-0.05, 0) is 37.5 Å². The number of benzene rings is 3. The third-order valence-corrected chi connectivity index (χ3v) is 7.24. The molecule has 1 unspecified atom stereocenters. The molecule has 1 aromatic heterocycles. The number of nitrogens with zero attached hydrogens (tertiary/aromatic N) is 1. The van der Waals surface area contributed by atoms with Crippen LogP contribution in [0.1, 0.15) is 79.3 Å².